The Bertz CT molecular complexity index is 253. The summed E-state index contributed by atoms with van der Waals surface area (Å²) in [5, 5.41) is 2.77. The smallest absolute Gasteiger partial charge is 0.328 e. The van der Waals surface area contributed by atoms with Crippen LogP contribution < -0.4 is 5.32 Å². The molecule has 0 radical (unpaired) electrons. The number of hydrogen-bond donors (Lipinski definition) is 1. The molecule has 15 heavy (non-hydrogen) atoms. The summed E-state index contributed by atoms with van der Waals surface area (Å²) in [6.07, 6.45) is 1.55. The van der Waals surface area contributed by atoms with Crippen molar-refractivity contribution in [3.05, 3.63) is 0 Å². The van der Waals surface area contributed by atoms with Crippen molar-refractivity contribution >= 4 is 12.0 Å². The van der Waals surface area contributed by atoms with Gasteiger partial charge in [-0.05, 0) is 26.7 Å². The monoisotopic (exact) mass is 214 g/mol. The fourth-order valence-electron chi connectivity index (χ4n) is 1.72. The van der Waals surface area contributed by atoms with Gasteiger partial charge in [-0.3, -0.25) is 0 Å². The van der Waals surface area contributed by atoms with Crippen molar-refractivity contribution in [1.29, 1.82) is 0 Å². The molecule has 5 nitrogen and oxygen atoms in total. The van der Waals surface area contributed by atoms with E-state index in [-0.39, 0.29) is 18.0 Å². The van der Waals surface area contributed by atoms with Crippen LogP contribution in [-0.2, 0) is 9.53 Å². The number of esters is 1. The number of urea groups is 1. The van der Waals surface area contributed by atoms with Gasteiger partial charge in [0.15, 0.2) is 0 Å². The SMILES string of the molecule is COC(=O)C1CCCN1C(=O)NC(C)C. The van der Waals surface area contributed by atoms with Crippen molar-refractivity contribution in [3.8, 4) is 0 Å². The summed E-state index contributed by atoms with van der Waals surface area (Å²) in [5.74, 6) is -0.327. The third-order valence-corrected chi connectivity index (χ3v) is 2.40. The van der Waals surface area contributed by atoms with E-state index in [0.717, 1.165) is 6.42 Å². The van der Waals surface area contributed by atoms with Crippen molar-refractivity contribution in [1.82, 2.24) is 10.2 Å². The maximum Gasteiger partial charge on any atom is 0.328 e. The van der Waals surface area contributed by atoms with Crippen molar-refractivity contribution in [2.45, 2.75) is 38.8 Å². The number of methoxy groups -OCH3 is 1. The van der Waals surface area contributed by atoms with E-state index in [1.807, 2.05) is 13.8 Å². The zero-order valence-corrected chi connectivity index (χ0v) is 9.45. The molecule has 1 N–H and O–H groups in total. The Balaban J connectivity index is 2.60. The molecule has 1 aliphatic heterocycles. The summed E-state index contributed by atoms with van der Waals surface area (Å²) in [6, 6.07) is -0.511. The third-order valence-electron chi connectivity index (χ3n) is 2.40. The van der Waals surface area contributed by atoms with E-state index in [4.69, 9.17) is 0 Å². The number of nitrogens with zero attached hydrogens (tertiary/aromatic N) is 1. The van der Waals surface area contributed by atoms with Gasteiger partial charge in [0.2, 0.25) is 0 Å². The second-order valence-electron chi connectivity index (χ2n) is 3.98. The Labute approximate surface area is 89.8 Å². The number of rotatable bonds is 2. The molecule has 0 aromatic heterocycles. The minimum Gasteiger partial charge on any atom is -0.467 e. The van der Waals surface area contributed by atoms with Crippen LogP contribution in [0.1, 0.15) is 26.7 Å². The average Bonchev–Trinajstić information content (AvgIpc) is 2.63. The Kier molecular flexibility index (Phi) is 3.94. The predicted molar refractivity (Wildman–Crippen MR) is 55.4 cm³/mol. The number of ether oxygens (including phenoxy) is 1. The van der Waals surface area contributed by atoms with Gasteiger partial charge in [0.1, 0.15) is 6.04 Å². The number of amides is 2. The van der Waals surface area contributed by atoms with E-state index < -0.39 is 6.04 Å². The highest BCUT2D eigenvalue weighted by Crippen LogP contribution is 2.18. The molecule has 0 aromatic carbocycles. The van der Waals surface area contributed by atoms with E-state index >= 15 is 0 Å². The second kappa shape index (κ2) is 5.00. The van der Waals surface area contributed by atoms with Crippen LogP contribution in [0.2, 0.25) is 0 Å². The minimum absolute atomic E-state index is 0.0800. The van der Waals surface area contributed by atoms with Gasteiger partial charge in [-0.25, -0.2) is 9.59 Å². The summed E-state index contributed by atoms with van der Waals surface area (Å²) in [4.78, 5) is 24.6. The Morgan fingerprint density at radius 2 is 2.13 bits per heavy atom. The van der Waals surface area contributed by atoms with Crippen LogP contribution in [0.3, 0.4) is 0 Å². The molecule has 2 amide bonds. The Hall–Kier alpha value is -1.26. The molecule has 1 atom stereocenters. The van der Waals surface area contributed by atoms with Gasteiger partial charge in [-0.15, -0.1) is 0 Å². The maximum atomic E-state index is 11.7. The van der Waals surface area contributed by atoms with Crippen LogP contribution in [0.5, 0.6) is 0 Å². The lowest BCUT2D eigenvalue weighted by Gasteiger charge is -2.24. The predicted octanol–water partition coefficient (Wildman–Crippen LogP) is 0.742. The third kappa shape index (κ3) is 2.84. The van der Waals surface area contributed by atoms with Crippen molar-refractivity contribution < 1.29 is 14.3 Å². The van der Waals surface area contributed by atoms with Gasteiger partial charge in [0.25, 0.3) is 0 Å². The zero-order valence-electron chi connectivity index (χ0n) is 9.45. The molecule has 0 saturated carbocycles. The molecule has 0 aromatic rings. The lowest BCUT2D eigenvalue weighted by molar-refractivity contribution is -0.144. The maximum absolute atomic E-state index is 11.7. The Morgan fingerprint density at radius 3 is 2.67 bits per heavy atom. The number of carbonyl (C=O) groups is 2. The van der Waals surface area contributed by atoms with E-state index in [2.05, 4.69) is 10.1 Å². The minimum atomic E-state index is -0.409. The molecule has 0 aliphatic carbocycles. The molecule has 86 valence electrons. The summed E-state index contributed by atoms with van der Waals surface area (Å²) in [6.45, 7) is 4.40. The lowest BCUT2D eigenvalue weighted by Crippen LogP contribution is -2.48. The largest absolute Gasteiger partial charge is 0.467 e. The van der Waals surface area contributed by atoms with Gasteiger partial charge in [0.05, 0.1) is 7.11 Å². The fourth-order valence-corrected chi connectivity index (χ4v) is 1.72. The number of carbonyl (C=O) groups excluding carboxylic acids is 2. The van der Waals surface area contributed by atoms with E-state index in [9.17, 15) is 9.59 Å². The first-order valence-corrected chi connectivity index (χ1v) is 5.21. The second-order valence-corrected chi connectivity index (χ2v) is 3.98. The number of likely N-dealkylation sites (tertiary alicyclic amines) is 1. The number of nitrogens with one attached hydrogen (secondary N) is 1. The summed E-state index contributed by atoms with van der Waals surface area (Å²) in [5.41, 5.74) is 0. The van der Waals surface area contributed by atoms with Crippen LogP contribution >= 0.6 is 0 Å². The first-order chi connectivity index (χ1) is 7.06. The molecule has 1 aliphatic rings. The molecule has 0 bridgehead atoms. The normalized spacial score (nSPS) is 20.5. The van der Waals surface area contributed by atoms with Crippen molar-refractivity contribution in [3.63, 3.8) is 0 Å². The molecule has 5 heteroatoms. The fraction of sp³-hybridized carbons (Fsp3) is 0.800. The highest BCUT2D eigenvalue weighted by Gasteiger charge is 2.34. The molecule has 1 heterocycles. The highest BCUT2D eigenvalue weighted by molar-refractivity contribution is 5.84. The summed E-state index contributed by atoms with van der Waals surface area (Å²) >= 11 is 0. The van der Waals surface area contributed by atoms with Gasteiger partial charge < -0.3 is 15.0 Å². The molecular formula is C10H18N2O3. The molecular weight excluding hydrogens is 196 g/mol. The molecule has 0 spiro atoms. The van der Waals surface area contributed by atoms with Crippen molar-refractivity contribution in [2.24, 2.45) is 0 Å². The van der Waals surface area contributed by atoms with E-state index in [1.165, 1.54) is 7.11 Å². The first kappa shape index (κ1) is 11.8. The van der Waals surface area contributed by atoms with Crippen LogP contribution in [0, 0.1) is 0 Å². The van der Waals surface area contributed by atoms with Crippen LogP contribution in [0.25, 0.3) is 0 Å². The molecule has 1 saturated heterocycles. The average molecular weight is 214 g/mol. The highest BCUT2D eigenvalue weighted by atomic mass is 16.5. The molecule has 1 unspecified atom stereocenters. The lowest BCUT2D eigenvalue weighted by atomic mass is 10.2. The van der Waals surface area contributed by atoms with E-state index in [1.54, 1.807) is 4.90 Å². The van der Waals surface area contributed by atoms with Gasteiger partial charge in [0, 0.05) is 12.6 Å². The van der Waals surface area contributed by atoms with Gasteiger partial charge >= 0.3 is 12.0 Å². The first-order valence-electron chi connectivity index (χ1n) is 5.21. The quantitative estimate of drug-likeness (QED) is 0.690. The van der Waals surface area contributed by atoms with Crippen LogP contribution in [-0.4, -0.2) is 42.6 Å². The van der Waals surface area contributed by atoms with E-state index in [0.29, 0.717) is 13.0 Å². The van der Waals surface area contributed by atoms with Gasteiger partial charge in [-0.1, -0.05) is 0 Å². The van der Waals surface area contributed by atoms with Crippen LogP contribution in [0.4, 0.5) is 4.79 Å². The van der Waals surface area contributed by atoms with Crippen LogP contribution in [0.15, 0.2) is 0 Å². The Morgan fingerprint density at radius 1 is 1.47 bits per heavy atom. The molecule has 1 rings (SSSR count). The standard InChI is InChI=1S/C10H18N2O3/c1-7(2)11-10(14)12-6-4-5-8(12)9(13)15-3/h7-8H,4-6H2,1-3H3,(H,11,14). The summed E-state index contributed by atoms with van der Waals surface area (Å²) in [7, 11) is 1.35. The number of hydrogen-bond acceptors (Lipinski definition) is 3. The topological polar surface area (TPSA) is 58.6 Å². The van der Waals surface area contributed by atoms with Gasteiger partial charge in [-0.2, -0.15) is 0 Å². The zero-order chi connectivity index (χ0) is 11.4. The van der Waals surface area contributed by atoms with Crippen molar-refractivity contribution in [2.75, 3.05) is 13.7 Å². The molecule has 1 fully saturated rings. The summed E-state index contributed by atoms with van der Waals surface area (Å²) < 4.78 is 4.66.